The molecule has 0 aromatic heterocycles. The van der Waals surface area contributed by atoms with Crippen LogP contribution in [-0.2, 0) is 16.8 Å². The van der Waals surface area contributed by atoms with Crippen LogP contribution in [0.5, 0.6) is 0 Å². The lowest BCUT2D eigenvalue weighted by molar-refractivity contribution is -0.133. The van der Waals surface area contributed by atoms with Crippen molar-refractivity contribution >= 4 is 5.91 Å². The number of benzene rings is 2. The molecule has 2 atom stereocenters. The Morgan fingerprint density at radius 1 is 1.12 bits per heavy atom. The highest BCUT2D eigenvalue weighted by Gasteiger charge is 2.61. The maximum atomic E-state index is 13.2. The van der Waals surface area contributed by atoms with Gasteiger partial charge in [0.1, 0.15) is 11.6 Å². The number of rotatable bonds is 5. The van der Waals surface area contributed by atoms with E-state index in [1.165, 1.54) is 24.3 Å². The zero-order valence-corrected chi connectivity index (χ0v) is 13.4. The smallest absolute Gasteiger partial charge is 0.233 e. The molecule has 1 N–H and O–H groups in total. The molecule has 5 heteroatoms. The minimum Gasteiger partial charge on any atom is -0.396 e. The van der Waals surface area contributed by atoms with Crippen LogP contribution < -0.4 is 0 Å². The van der Waals surface area contributed by atoms with Gasteiger partial charge in [-0.25, -0.2) is 8.78 Å². The van der Waals surface area contributed by atoms with Crippen molar-refractivity contribution < 1.29 is 18.7 Å². The second kappa shape index (κ2) is 6.32. The van der Waals surface area contributed by atoms with Gasteiger partial charge in [-0.05, 0) is 41.8 Å². The number of hydrogen-bond donors (Lipinski definition) is 1. The molecular weight excluding hydrogens is 312 g/mol. The van der Waals surface area contributed by atoms with Gasteiger partial charge < -0.3 is 10.0 Å². The Morgan fingerprint density at radius 2 is 1.67 bits per heavy atom. The highest BCUT2D eigenvalue weighted by Crippen LogP contribution is 2.55. The Kier molecular flexibility index (Phi) is 4.37. The van der Waals surface area contributed by atoms with Crippen molar-refractivity contribution in [2.75, 3.05) is 13.7 Å². The predicted molar refractivity (Wildman–Crippen MR) is 86.1 cm³/mol. The Balaban J connectivity index is 1.82. The number of aliphatic hydroxyl groups is 1. The van der Waals surface area contributed by atoms with Crippen molar-refractivity contribution in [2.45, 2.75) is 18.4 Å². The fourth-order valence-electron chi connectivity index (χ4n) is 3.31. The highest BCUT2D eigenvalue weighted by molar-refractivity contribution is 5.92. The van der Waals surface area contributed by atoms with Crippen molar-refractivity contribution in [2.24, 2.45) is 5.92 Å². The summed E-state index contributed by atoms with van der Waals surface area (Å²) in [6.07, 6.45) is 0.543. The Morgan fingerprint density at radius 3 is 2.17 bits per heavy atom. The summed E-state index contributed by atoms with van der Waals surface area (Å²) < 4.78 is 26.2. The van der Waals surface area contributed by atoms with Crippen molar-refractivity contribution in [3.05, 3.63) is 71.3 Å². The van der Waals surface area contributed by atoms with E-state index >= 15 is 0 Å². The molecule has 1 saturated carbocycles. The number of nitrogens with zero attached hydrogens (tertiary/aromatic N) is 1. The van der Waals surface area contributed by atoms with Crippen LogP contribution in [-0.4, -0.2) is 29.6 Å². The molecule has 0 heterocycles. The van der Waals surface area contributed by atoms with Gasteiger partial charge in [0.25, 0.3) is 0 Å². The molecule has 1 amide bonds. The van der Waals surface area contributed by atoms with E-state index in [4.69, 9.17) is 0 Å². The molecule has 1 aliphatic rings. The number of halogens is 2. The first kappa shape index (κ1) is 16.6. The van der Waals surface area contributed by atoms with E-state index in [-0.39, 0.29) is 30.1 Å². The second-order valence-corrected chi connectivity index (χ2v) is 6.35. The molecule has 126 valence electrons. The van der Waals surface area contributed by atoms with Crippen LogP contribution in [0, 0.1) is 17.6 Å². The normalized spacial score (nSPS) is 22.2. The van der Waals surface area contributed by atoms with Gasteiger partial charge in [-0.15, -0.1) is 0 Å². The van der Waals surface area contributed by atoms with Crippen LogP contribution in [0.15, 0.2) is 48.5 Å². The third-order valence-electron chi connectivity index (χ3n) is 4.75. The number of likely N-dealkylation sites (N-methyl/N-ethyl adjacent to an activating group) is 1. The lowest BCUT2D eigenvalue weighted by atomic mass is 9.91. The Hall–Kier alpha value is -2.27. The number of aliphatic hydroxyl groups excluding tert-OH is 1. The molecule has 0 spiro atoms. The molecule has 0 saturated heterocycles. The fourth-order valence-corrected chi connectivity index (χ4v) is 3.31. The van der Waals surface area contributed by atoms with Gasteiger partial charge in [0, 0.05) is 26.1 Å². The Bertz CT molecular complexity index is 730. The second-order valence-electron chi connectivity index (χ2n) is 6.35. The van der Waals surface area contributed by atoms with Gasteiger partial charge >= 0.3 is 0 Å². The Labute approximate surface area is 139 Å². The highest BCUT2D eigenvalue weighted by atomic mass is 19.1. The van der Waals surface area contributed by atoms with Crippen LogP contribution in [0.3, 0.4) is 0 Å². The molecule has 3 nitrogen and oxygen atoms in total. The zero-order valence-electron chi connectivity index (χ0n) is 13.4. The van der Waals surface area contributed by atoms with Crippen molar-refractivity contribution in [1.29, 1.82) is 0 Å². The first-order valence-corrected chi connectivity index (χ1v) is 7.84. The summed E-state index contributed by atoms with van der Waals surface area (Å²) in [5.41, 5.74) is 0.749. The summed E-state index contributed by atoms with van der Waals surface area (Å²) in [6.45, 7) is 0.258. The number of hydrogen-bond acceptors (Lipinski definition) is 2. The van der Waals surface area contributed by atoms with Crippen LogP contribution in [0.1, 0.15) is 17.5 Å². The topological polar surface area (TPSA) is 40.5 Å². The minimum atomic E-state index is -0.794. The van der Waals surface area contributed by atoms with Crippen LogP contribution >= 0.6 is 0 Å². The lowest BCUT2D eigenvalue weighted by Crippen LogP contribution is -2.38. The molecule has 2 aromatic rings. The molecule has 3 rings (SSSR count). The van der Waals surface area contributed by atoms with E-state index in [0.29, 0.717) is 13.0 Å². The first-order valence-electron chi connectivity index (χ1n) is 7.84. The molecule has 1 fully saturated rings. The van der Waals surface area contributed by atoms with Crippen LogP contribution in [0.25, 0.3) is 0 Å². The average Bonchev–Trinajstić information content (AvgIpc) is 3.32. The minimum absolute atomic E-state index is 0.0898. The van der Waals surface area contributed by atoms with Crippen LogP contribution in [0.2, 0.25) is 0 Å². The fraction of sp³-hybridized carbons (Fsp3) is 0.316. The molecule has 24 heavy (non-hydrogen) atoms. The number of amides is 1. The first-order chi connectivity index (χ1) is 11.5. The van der Waals surface area contributed by atoms with Gasteiger partial charge in [-0.2, -0.15) is 0 Å². The number of carbonyl (C=O) groups is 1. The summed E-state index contributed by atoms with van der Waals surface area (Å²) in [6, 6.07) is 11.9. The van der Waals surface area contributed by atoms with E-state index in [2.05, 4.69) is 0 Å². The third-order valence-corrected chi connectivity index (χ3v) is 4.75. The molecule has 1 aliphatic carbocycles. The monoisotopic (exact) mass is 331 g/mol. The van der Waals surface area contributed by atoms with Gasteiger partial charge in [0.15, 0.2) is 0 Å². The van der Waals surface area contributed by atoms with Gasteiger partial charge in [0.05, 0.1) is 5.41 Å². The summed E-state index contributed by atoms with van der Waals surface area (Å²) in [5, 5.41) is 9.52. The quantitative estimate of drug-likeness (QED) is 0.915. The van der Waals surface area contributed by atoms with Crippen molar-refractivity contribution in [3.8, 4) is 0 Å². The van der Waals surface area contributed by atoms with Gasteiger partial charge in [-0.3, -0.25) is 4.79 Å². The summed E-state index contributed by atoms with van der Waals surface area (Å²) in [4.78, 5) is 14.6. The lowest BCUT2D eigenvalue weighted by Gasteiger charge is -2.25. The van der Waals surface area contributed by atoms with E-state index in [1.807, 2.05) is 0 Å². The maximum absolute atomic E-state index is 13.2. The molecule has 0 bridgehead atoms. The summed E-state index contributed by atoms with van der Waals surface area (Å²) in [5.74, 6) is -0.955. The van der Waals surface area contributed by atoms with E-state index in [9.17, 15) is 18.7 Å². The van der Waals surface area contributed by atoms with Crippen LogP contribution in [0.4, 0.5) is 8.78 Å². The van der Waals surface area contributed by atoms with E-state index < -0.39 is 5.41 Å². The SMILES string of the molecule is CN(Cc1ccc(F)cc1)C(=O)[C@@]1(c2ccc(F)cc2)C[C@H]1CO. The van der Waals surface area contributed by atoms with Gasteiger partial charge in [-0.1, -0.05) is 24.3 Å². The van der Waals surface area contributed by atoms with E-state index in [0.717, 1.165) is 11.1 Å². The molecule has 2 aromatic carbocycles. The largest absolute Gasteiger partial charge is 0.396 e. The van der Waals surface area contributed by atoms with Crippen molar-refractivity contribution in [1.82, 2.24) is 4.90 Å². The molecule has 0 unspecified atom stereocenters. The summed E-state index contributed by atoms with van der Waals surface area (Å²) in [7, 11) is 1.68. The van der Waals surface area contributed by atoms with Crippen molar-refractivity contribution in [3.63, 3.8) is 0 Å². The van der Waals surface area contributed by atoms with E-state index in [1.54, 1.807) is 36.2 Å². The van der Waals surface area contributed by atoms with Gasteiger partial charge in [0.2, 0.25) is 5.91 Å². The third kappa shape index (κ3) is 2.91. The maximum Gasteiger partial charge on any atom is 0.233 e. The zero-order chi connectivity index (χ0) is 17.3. The number of carbonyl (C=O) groups excluding carboxylic acids is 1. The molecule has 0 radical (unpaired) electrons. The molecular formula is C19H19F2NO2. The summed E-state index contributed by atoms with van der Waals surface area (Å²) >= 11 is 0. The standard InChI is InChI=1S/C19H19F2NO2/c1-22(11-13-2-6-16(20)7-3-13)18(24)19(10-15(19)12-23)14-4-8-17(21)9-5-14/h2-9,15,23H,10-12H2,1H3/t15-,19+/m0/s1. The molecule has 0 aliphatic heterocycles. The predicted octanol–water partition coefficient (Wildman–Crippen LogP) is 2.87. The average molecular weight is 331 g/mol.